The molecule has 0 aliphatic rings. The summed E-state index contributed by atoms with van der Waals surface area (Å²) in [6, 6.07) is 2.78. The van der Waals surface area contributed by atoms with Gasteiger partial charge in [-0.3, -0.25) is 19.1 Å². The van der Waals surface area contributed by atoms with Crippen molar-refractivity contribution >= 4 is 40.7 Å². The smallest absolute Gasteiger partial charge is 0.330 e. The lowest BCUT2D eigenvalue weighted by Gasteiger charge is -2.26. The van der Waals surface area contributed by atoms with E-state index in [-0.39, 0.29) is 5.76 Å². The van der Waals surface area contributed by atoms with Gasteiger partial charge >= 0.3 is 5.69 Å². The second kappa shape index (κ2) is 6.15. The molecule has 2 heterocycles. The maximum Gasteiger partial charge on any atom is 0.330 e. The van der Waals surface area contributed by atoms with Crippen LogP contribution in [0, 0.1) is 5.82 Å². The van der Waals surface area contributed by atoms with Gasteiger partial charge in [-0.25, -0.2) is 4.79 Å². The van der Waals surface area contributed by atoms with Crippen molar-refractivity contribution in [1.82, 2.24) is 14.9 Å². The van der Waals surface area contributed by atoms with Gasteiger partial charge in [0.15, 0.2) is 11.9 Å². The predicted octanol–water partition coefficient (Wildman–Crippen LogP) is 1.57. The Morgan fingerprint density at radius 2 is 2.09 bits per heavy atom. The minimum absolute atomic E-state index is 0.114. The number of halogens is 4. The average Bonchev–Trinajstić information content (AvgIpc) is 2.93. The Bertz CT molecular complexity index is 794. The third-order valence-electron chi connectivity index (χ3n) is 2.53. The third kappa shape index (κ3) is 3.52. The Hall–Kier alpha value is -1.77. The van der Waals surface area contributed by atoms with Crippen LogP contribution < -0.4 is 16.6 Å². The first-order valence-corrected chi connectivity index (χ1v) is 6.75. The van der Waals surface area contributed by atoms with Crippen LogP contribution in [0.2, 0.25) is 0 Å². The Labute approximate surface area is 136 Å². The standard InChI is InChI=1S/C11H7Cl3FN3O4/c12-11(13,14)9(16-8(20)6-2-1-3-22-6)18-4-5(15)7(19)17-10(18)21/h1-4,9H,(H,16,20)(H,17,19,21). The van der Waals surface area contributed by atoms with Crippen LogP contribution in [0.5, 0.6) is 0 Å². The summed E-state index contributed by atoms with van der Waals surface area (Å²) in [6.45, 7) is 0. The molecule has 2 N–H and O–H groups in total. The van der Waals surface area contributed by atoms with Crippen LogP contribution in [-0.2, 0) is 0 Å². The molecule has 1 atom stereocenters. The van der Waals surface area contributed by atoms with Crippen LogP contribution >= 0.6 is 34.8 Å². The molecule has 11 heteroatoms. The van der Waals surface area contributed by atoms with Crippen molar-refractivity contribution in [2.45, 2.75) is 9.96 Å². The van der Waals surface area contributed by atoms with E-state index in [1.807, 2.05) is 0 Å². The highest BCUT2D eigenvalue weighted by Crippen LogP contribution is 2.36. The van der Waals surface area contributed by atoms with Crippen molar-refractivity contribution < 1.29 is 13.6 Å². The number of furan rings is 1. The summed E-state index contributed by atoms with van der Waals surface area (Å²) in [6.07, 6.45) is 0.176. The van der Waals surface area contributed by atoms with E-state index in [4.69, 9.17) is 39.2 Å². The predicted molar refractivity (Wildman–Crippen MR) is 76.8 cm³/mol. The monoisotopic (exact) mass is 369 g/mol. The van der Waals surface area contributed by atoms with Gasteiger partial charge in [-0.05, 0) is 12.1 Å². The van der Waals surface area contributed by atoms with Gasteiger partial charge in [0, 0.05) is 0 Å². The van der Waals surface area contributed by atoms with E-state index in [9.17, 15) is 18.8 Å². The van der Waals surface area contributed by atoms with Crippen LogP contribution in [0.25, 0.3) is 0 Å². The molecule has 1 amide bonds. The second-order valence-corrected chi connectivity index (χ2v) is 6.41. The van der Waals surface area contributed by atoms with Crippen molar-refractivity contribution in [3.63, 3.8) is 0 Å². The normalized spacial score (nSPS) is 12.9. The fourth-order valence-electron chi connectivity index (χ4n) is 1.56. The summed E-state index contributed by atoms with van der Waals surface area (Å²) in [5, 5.41) is 2.21. The number of nitrogens with one attached hydrogen (secondary N) is 2. The number of aromatic amines is 1. The Balaban J connectivity index is 2.44. The van der Waals surface area contributed by atoms with E-state index in [1.54, 1.807) is 4.98 Å². The molecule has 7 nitrogen and oxygen atoms in total. The molecule has 0 aliphatic carbocycles. The Morgan fingerprint density at radius 1 is 1.41 bits per heavy atom. The van der Waals surface area contributed by atoms with E-state index < -0.39 is 32.9 Å². The van der Waals surface area contributed by atoms with E-state index in [2.05, 4.69) is 5.32 Å². The minimum atomic E-state index is -2.21. The molecule has 0 spiro atoms. The van der Waals surface area contributed by atoms with Crippen molar-refractivity contribution in [2.75, 3.05) is 0 Å². The topological polar surface area (TPSA) is 97.1 Å². The van der Waals surface area contributed by atoms with Gasteiger partial charge in [-0.1, -0.05) is 34.8 Å². The molecule has 0 aliphatic heterocycles. The Morgan fingerprint density at radius 3 is 2.64 bits per heavy atom. The number of carbonyl (C=O) groups is 1. The molecule has 118 valence electrons. The molecule has 0 saturated heterocycles. The zero-order chi connectivity index (χ0) is 16.5. The largest absolute Gasteiger partial charge is 0.459 e. The molecule has 2 aromatic heterocycles. The minimum Gasteiger partial charge on any atom is -0.459 e. The van der Waals surface area contributed by atoms with Crippen LogP contribution in [-0.4, -0.2) is 19.3 Å². The Kier molecular flexibility index (Phi) is 4.64. The second-order valence-electron chi connectivity index (χ2n) is 4.04. The number of H-pyrrole nitrogens is 1. The highest BCUT2D eigenvalue weighted by Gasteiger charge is 2.37. The van der Waals surface area contributed by atoms with E-state index >= 15 is 0 Å². The highest BCUT2D eigenvalue weighted by atomic mass is 35.6. The van der Waals surface area contributed by atoms with Crippen molar-refractivity contribution in [1.29, 1.82) is 0 Å². The van der Waals surface area contributed by atoms with Crippen molar-refractivity contribution in [3.05, 3.63) is 57.0 Å². The first-order chi connectivity index (χ1) is 10.2. The number of alkyl halides is 3. The quantitative estimate of drug-likeness (QED) is 0.801. The fraction of sp³-hybridized carbons (Fsp3) is 0.182. The number of hydrogen-bond acceptors (Lipinski definition) is 4. The molecule has 0 radical (unpaired) electrons. The van der Waals surface area contributed by atoms with Gasteiger partial charge in [0.2, 0.25) is 9.61 Å². The van der Waals surface area contributed by atoms with Gasteiger partial charge in [0.25, 0.3) is 11.5 Å². The maximum absolute atomic E-state index is 13.4. The molecule has 0 aromatic carbocycles. The number of nitrogens with zero attached hydrogens (tertiary/aromatic N) is 1. The SMILES string of the molecule is O=C(NC(n1cc(F)c(=O)[nH]c1=O)C(Cl)(Cl)Cl)c1ccco1. The molecule has 2 rings (SSSR count). The summed E-state index contributed by atoms with van der Waals surface area (Å²) in [5.74, 6) is -2.21. The zero-order valence-corrected chi connectivity index (χ0v) is 12.7. The van der Waals surface area contributed by atoms with Crippen LogP contribution in [0.3, 0.4) is 0 Å². The molecule has 0 bridgehead atoms. The number of carbonyl (C=O) groups excluding carboxylic acids is 1. The zero-order valence-electron chi connectivity index (χ0n) is 10.5. The van der Waals surface area contributed by atoms with Gasteiger partial charge in [0.1, 0.15) is 0 Å². The summed E-state index contributed by atoms with van der Waals surface area (Å²) in [7, 11) is 0. The van der Waals surface area contributed by atoms with Crippen LogP contribution in [0.15, 0.2) is 38.6 Å². The molecule has 22 heavy (non-hydrogen) atoms. The van der Waals surface area contributed by atoms with Gasteiger partial charge in [-0.2, -0.15) is 4.39 Å². The van der Waals surface area contributed by atoms with Gasteiger partial charge < -0.3 is 9.73 Å². The summed E-state index contributed by atoms with van der Waals surface area (Å²) < 4.78 is 16.5. The molecular weight excluding hydrogens is 363 g/mol. The van der Waals surface area contributed by atoms with Gasteiger partial charge in [0.05, 0.1) is 12.5 Å². The maximum atomic E-state index is 13.4. The first-order valence-electron chi connectivity index (χ1n) is 5.62. The number of aromatic nitrogens is 2. The molecular formula is C11H7Cl3FN3O4. The summed E-state index contributed by atoms with van der Waals surface area (Å²) >= 11 is 17.1. The number of hydrogen-bond donors (Lipinski definition) is 2. The van der Waals surface area contributed by atoms with Crippen molar-refractivity contribution in [2.24, 2.45) is 0 Å². The van der Waals surface area contributed by atoms with E-state index in [1.165, 1.54) is 18.4 Å². The van der Waals surface area contributed by atoms with Crippen LogP contribution in [0.1, 0.15) is 16.7 Å². The lowest BCUT2D eigenvalue weighted by Crippen LogP contribution is -2.46. The molecule has 2 aromatic rings. The third-order valence-corrected chi connectivity index (χ3v) is 3.15. The molecule has 0 saturated carbocycles. The number of amides is 1. The lowest BCUT2D eigenvalue weighted by molar-refractivity contribution is 0.0890. The fourth-order valence-corrected chi connectivity index (χ4v) is 2.04. The van der Waals surface area contributed by atoms with Gasteiger partial charge in [-0.15, -0.1) is 0 Å². The van der Waals surface area contributed by atoms with E-state index in [0.717, 1.165) is 0 Å². The summed E-state index contributed by atoms with van der Waals surface area (Å²) in [4.78, 5) is 36.4. The highest BCUT2D eigenvalue weighted by molar-refractivity contribution is 6.67. The number of rotatable bonds is 3. The van der Waals surface area contributed by atoms with Crippen LogP contribution in [0.4, 0.5) is 4.39 Å². The first kappa shape index (κ1) is 16.6. The van der Waals surface area contributed by atoms with Crippen molar-refractivity contribution in [3.8, 4) is 0 Å². The summed E-state index contributed by atoms with van der Waals surface area (Å²) in [5.41, 5.74) is -2.30. The molecule has 1 unspecified atom stereocenters. The van der Waals surface area contributed by atoms with E-state index in [0.29, 0.717) is 10.8 Å². The molecule has 0 fully saturated rings. The lowest BCUT2D eigenvalue weighted by atomic mass is 10.4. The average molecular weight is 371 g/mol.